The van der Waals surface area contributed by atoms with Crippen molar-refractivity contribution in [3.63, 3.8) is 0 Å². The van der Waals surface area contributed by atoms with Gasteiger partial charge in [-0.3, -0.25) is 4.79 Å². The van der Waals surface area contributed by atoms with Crippen molar-refractivity contribution in [2.45, 2.75) is 12.5 Å². The lowest BCUT2D eigenvalue weighted by atomic mass is 10.1. The van der Waals surface area contributed by atoms with E-state index < -0.39 is 0 Å². The third-order valence-corrected chi connectivity index (χ3v) is 2.83. The Morgan fingerprint density at radius 1 is 1.47 bits per heavy atom. The van der Waals surface area contributed by atoms with E-state index in [1.807, 2.05) is 0 Å². The van der Waals surface area contributed by atoms with E-state index in [1.165, 1.54) is 19.2 Å². The minimum atomic E-state index is -0.368. The van der Waals surface area contributed by atoms with Crippen LogP contribution in [0.4, 0.5) is 0 Å². The molecule has 6 heteroatoms. The van der Waals surface area contributed by atoms with E-state index in [4.69, 9.17) is 21.1 Å². The number of amides is 1. The number of carbonyl (C=O) groups excluding carboxylic acids is 1. The first-order chi connectivity index (χ1) is 9.12. The molecule has 0 aliphatic heterocycles. The zero-order valence-corrected chi connectivity index (χ0v) is 11.7. The summed E-state index contributed by atoms with van der Waals surface area (Å²) in [5.41, 5.74) is 0.191. The molecule has 0 aliphatic carbocycles. The fourth-order valence-corrected chi connectivity index (χ4v) is 1.89. The predicted octanol–water partition coefficient (Wildman–Crippen LogP) is 1.77. The second-order valence-corrected chi connectivity index (χ2v) is 4.36. The Bertz CT molecular complexity index is 419. The van der Waals surface area contributed by atoms with Crippen LogP contribution in [0.3, 0.4) is 0 Å². The van der Waals surface area contributed by atoms with Crippen molar-refractivity contribution < 1.29 is 19.4 Å². The highest BCUT2D eigenvalue weighted by Gasteiger charge is 2.16. The predicted molar refractivity (Wildman–Crippen MR) is 73.1 cm³/mol. The molecule has 19 heavy (non-hydrogen) atoms. The monoisotopic (exact) mass is 287 g/mol. The lowest BCUT2D eigenvalue weighted by Crippen LogP contribution is -2.38. The highest BCUT2D eigenvalue weighted by atomic mass is 35.5. The van der Waals surface area contributed by atoms with Gasteiger partial charge < -0.3 is 19.9 Å². The van der Waals surface area contributed by atoms with Gasteiger partial charge >= 0.3 is 0 Å². The number of hydrogen-bond acceptors (Lipinski definition) is 4. The van der Waals surface area contributed by atoms with Crippen LogP contribution in [0, 0.1) is 0 Å². The molecule has 1 rings (SSSR count). The van der Waals surface area contributed by atoms with Crippen molar-refractivity contribution in [3.8, 4) is 11.5 Å². The van der Waals surface area contributed by atoms with Crippen molar-refractivity contribution in [2.24, 2.45) is 0 Å². The zero-order valence-electron chi connectivity index (χ0n) is 11.0. The molecule has 1 aromatic rings. The summed E-state index contributed by atoms with van der Waals surface area (Å²) < 4.78 is 9.96. The number of benzene rings is 1. The minimum Gasteiger partial charge on any atom is -0.507 e. The van der Waals surface area contributed by atoms with Crippen LogP contribution < -0.4 is 10.1 Å². The number of hydrogen-bond donors (Lipinski definition) is 2. The minimum absolute atomic E-state index is 0.126. The number of carbonyl (C=O) groups is 1. The first-order valence-electron chi connectivity index (χ1n) is 5.85. The largest absolute Gasteiger partial charge is 0.507 e. The van der Waals surface area contributed by atoms with Crippen molar-refractivity contribution in [2.75, 3.05) is 26.7 Å². The maximum absolute atomic E-state index is 12.0. The van der Waals surface area contributed by atoms with E-state index in [9.17, 15) is 9.90 Å². The molecular weight excluding hydrogens is 270 g/mol. The van der Waals surface area contributed by atoms with Crippen molar-refractivity contribution in [1.82, 2.24) is 5.32 Å². The van der Waals surface area contributed by atoms with Crippen molar-refractivity contribution >= 4 is 17.5 Å². The number of nitrogens with one attached hydrogen (secondary N) is 1. The summed E-state index contributed by atoms with van der Waals surface area (Å²) in [6.45, 7) is 0.370. The van der Waals surface area contributed by atoms with Crippen LogP contribution in [0.2, 0.25) is 0 Å². The smallest absolute Gasteiger partial charge is 0.255 e. The molecular formula is C13H18ClNO4. The van der Waals surface area contributed by atoms with Gasteiger partial charge in [-0.2, -0.15) is 0 Å². The lowest BCUT2D eigenvalue weighted by Gasteiger charge is -2.17. The van der Waals surface area contributed by atoms with Gasteiger partial charge in [0.05, 0.1) is 25.3 Å². The van der Waals surface area contributed by atoms with E-state index >= 15 is 0 Å². The fraction of sp³-hybridized carbons (Fsp3) is 0.462. The normalized spacial score (nSPS) is 11.9. The fourth-order valence-electron chi connectivity index (χ4n) is 1.62. The Labute approximate surface area is 117 Å². The quantitative estimate of drug-likeness (QED) is 0.750. The summed E-state index contributed by atoms with van der Waals surface area (Å²) in [4.78, 5) is 12.0. The Balaban J connectivity index is 2.76. The van der Waals surface area contributed by atoms with Gasteiger partial charge in [0.15, 0.2) is 0 Å². The third-order valence-electron chi connectivity index (χ3n) is 2.61. The van der Waals surface area contributed by atoms with E-state index in [-0.39, 0.29) is 23.3 Å². The average Bonchev–Trinajstić information content (AvgIpc) is 2.38. The van der Waals surface area contributed by atoms with Gasteiger partial charge in [-0.25, -0.2) is 0 Å². The van der Waals surface area contributed by atoms with Crippen LogP contribution in [0.15, 0.2) is 18.2 Å². The summed E-state index contributed by atoms with van der Waals surface area (Å²) >= 11 is 5.66. The maximum atomic E-state index is 12.0. The molecule has 0 radical (unpaired) electrons. The standard InChI is InChI=1S/C13H18ClNO4/c1-18-8-9(5-6-14)15-13(17)11-4-3-10(19-2)7-12(11)16/h3-4,7,9,16H,5-6,8H2,1-2H3,(H,15,17). The van der Waals surface area contributed by atoms with Crippen LogP contribution >= 0.6 is 11.6 Å². The molecule has 0 bridgehead atoms. The Morgan fingerprint density at radius 3 is 2.74 bits per heavy atom. The molecule has 0 saturated heterocycles. The number of halogens is 1. The maximum Gasteiger partial charge on any atom is 0.255 e. The topological polar surface area (TPSA) is 67.8 Å². The van der Waals surface area contributed by atoms with Gasteiger partial charge in [-0.1, -0.05) is 0 Å². The summed E-state index contributed by atoms with van der Waals surface area (Å²) in [6, 6.07) is 4.33. The van der Waals surface area contributed by atoms with E-state index in [0.29, 0.717) is 24.7 Å². The van der Waals surface area contributed by atoms with Gasteiger partial charge in [0.1, 0.15) is 11.5 Å². The number of phenolic OH excluding ortho intramolecular Hbond substituents is 1. The van der Waals surface area contributed by atoms with E-state index in [0.717, 1.165) is 0 Å². The number of ether oxygens (including phenoxy) is 2. The van der Waals surface area contributed by atoms with Gasteiger partial charge in [0.25, 0.3) is 5.91 Å². The van der Waals surface area contributed by atoms with Crippen molar-refractivity contribution in [3.05, 3.63) is 23.8 Å². The summed E-state index contributed by atoms with van der Waals surface area (Å²) in [7, 11) is 3.04. The Kier molecular flexibility index (Phi) is 6.45. The van der Waals surface area contributed by atoms with Gasteiger partial charge in [-0.05, 0) is 18.6 Å². The molecule has 0 heterocycles. The number of phenols is 1. The van der Waals surface area contributed by atoms with E-state index in [1.54, 1.807) is 13.2 Å². The first kappa shape index (κ1) is 15.6. The van der Waals surface area contributed by atoms with Crippen LogP contribution in [-0.2, 0) is 4.74 Å². The highest BCUT2D eigenvalue weighted by Crippen LogP contribution is 2.23. The lowest BCUT2D eigenvalue weighted by molar-refractivity contribution is 0.0892. The molecule has 1 amide bonds. The molecule has 0 fully saturated rings. The number of aromatic hydroxyl groups is 1. The third kappa shape index (κ3) is 4.61. The summed E-state index contributed by atoms with van der Waals surface area (Å²) in [6.07, 6.45) is 0.595. The van der Waals surface area contributed by atoms with Crippen LogP contribution in [0.5, 0.6) is 11.5 Å². The number of rotatable bonds is 7. The van der Waals surface area contributed by atoms with Gasteiger partial charge in [0.2, 0.25) is 0 Å². The van der Waals surface area contributed by atoms with Crippen molar-refractivity contribution in [1.29, 1.82) is 0 Å². The molecule has 0 aromatic heterocycles. The van der Waals surface area contributed by atoms with Crippen LogP contribution in [0.25, 0.3) is 0 Å². The molecule has 1 aromatic carbocycles. The molecule has 2 N–H and O–H groups in total. The first-order valence-corrected chi connectivity index (χ1v) is 6.38. The molecule has 0 spiro atoms. The number of methoxy groups -OCH3 is 2. The zero-order chi connectivity index (χ0) is 14.3. The SMILES string of the molecule is COCC(CCCl)NC(=O)c1ccc(OC)cc1O. The second kappa shape index (κ2) is 7.86. The molecule has 5 nitrogen and oxygen atoms in total. The van der Waals surface area contributed by atoms with E-state index in [2.05, 4.69) is 5.32 Å². The van der Waals surface area contributed by atoms with Crippen LogP contribution in [-0.4, -0.2) is 43.8 Å². The molecule has 1 unspecified atom stereocenters. The van der Waals surface area contributed by atoms with Crippen LogP contribution in [0.1, 0.15) is 16.8 Å². The summed E-state index contributed by atoms with van der Waals surface area (Å²) in [5.74, 6) is 0.414. The van der Waals surface area contributed by atoms with Gasteiger partial charge in [0, 0.05) is 19.1 Å². The average molecular weight is 288 g/mol. The summed E-state index contributed by atoms with van der Waals surface area (Å²) in [5, 5.41) is 12.5. The second-order valence-electron chi connectivity index (χ2n) is 3.99. The molecule has 0 saturated carbocycles. The highest BCUT2D eigenvalue weighted by molar-refractivity contribution is 6.17. The Morgan fingerprint density at radius 2 is 2.21 bits per heavy atom. The molecule has 106 valence electrons. The molecule has 1 atom stereocenters. The number of alkyl halides is 1. The Hall–Kier alpha value is -1.46. The molecule has 0 aliphatic rings. The van der Waals surface area contributed by atoms with Gasteiger partial charge in [-0.15, -0.1) is 11.6 Å².